The number of rotatable bonds is 4. The molecule has 0 aromatic heterocycles. The van der Waals surface area contributed by atoms with Crippen molar-refractivity contribution < 1.29 is 32.1 Å². The van der Waals surface area contributed by atoms with Crippen LogP contribution in [-0.2, 0) is 19.1 Å². The number of carbonyl (C=O) groups is 3. The molecule has 2 atom stereocenters. The number of carbonyl (C=O) groups excluding carboxylic acids is 3. The van der Waals surface area contributed by atoms with E-state index in [0.29, 0.717) is 12.8 Å². The van der Waals surface area contributed by atoms with Gasteiger partial charge in [0.25, 0.3) is 0 Å². The molecule has 3 aliphatic carbocycles. The Labute approximate surface area is 162 Å². The molecule has 148 valence electrons. The van der Waals surface area contributed by atoms with Crippen molar-refractivity contribution in [2.45, 2.75) is 33.1 Å². The van der Waals surface area contributed by atoms with Gasteiger partial charge in [0.05, 0.1) is 11.2 Å². The van der Waals surface area contributed by atoms with Crippen LogP contribution in [0.2, 0.25) is 0 Å². The van der Waals surface area contributed by atoms with Crippen molar-refractivity contribution in [1.29, 1.82) is 0 Å². The highest BCUT2D eigenvalue weighted by Crippen LogP contribution is 2.64. The maximum atomic E-state index is 12.8. The smallest absolute Gasteiger partial charge is 0.310 e. The fourth-order valence-corrected chi connectivity index (χ4v) is 6.73. The van der Waals surface area contributed by atoms with Gasteiger partial charge in [-0.05, 0) is 24.2 Å². The monoisotopic (exact) mass is 404 g/mol. The summed E-state index contributed by atoms with van der Waals surface area (Å²) in [6.07, 6.45) is 1.53. The molecule has 2 saturated carbocycles. The van der Waals surface area contributed by atoms with Crippen LogP contribution in [0.25, 0.3) is 0 Å². The number of allylic oxidation sites excluding steroid dienone is 2. The maximum absolute atomic E-state index is 12.8. The average Bonchev–Trinajstić information content (AvgIpc) is 2.97. The molecule has 2 unspecified atom stereocenters. The molecule has 0 aliphatic heterocycles. The fourth-order valence-electron chi connectivity index (χ4n) is 4.98. The zero-order chi connectivity index (χ0) is 20.5. The highest BCUT2D eigenvalue weighted by Gasteiger charge is 2.65. The molecule has 4 rings (SSSR count). The van der Waals surface area contributed by atoms with Crippen LogP contribution >= 0.6 is 0 Å². The molecule has 1 N–H and O–H groups in total. The first-order valence-corrected chi connectivity index (χ1v) is 10.6. The molecule has 3 aliphatic rings. The Morgan fingerprint density at radius 2 is 1.71 bits per heavy atom. The van der Waals surface area contributed by atoms with Gasteiger partial charge in [0, 0.05) is 17.5 Å². The number of hydrogen-bond donors (Lipinski definition) is 1. The van der Waals surface area contributed by atoms with Crippen LogP contribution in [0.3, 0.4) is 0 Å². The SMILES string of the molecule is CC1(C)C2CCC1(CS(=O)(=O)OC1=C(O)C(=O)c3ccccc3C1=O)C(=O)C2. The molecule has 0 saturated heterocycles. The minimum Gasteiger partial charge on any atom is -0.501 e. The van der Waals surface area contributed by atoms with Gasteiger partial charge in [-0.15, -0.1) is 0 Å². The Morgan fingerprint density at radius 1 is 1.11 bits per heavy atom. The normalized spacial score (nSPS) is 28.6. The Morgan fingerprint density at radius 3 is 2.25 bits per heavy atom. The summed E-state index contributed by atoms with van der Waals surface area (Å²) in [6.45, 7) is 3.76. The van der Waals surface area contributed by atoms with E-state index in [0.717, 1.165) is 6.42 Å². The third-order valence-electron chi connectivity index (χ3n) is 6.83. The van der Waals surface area contributed by atoms with Crippen molar-refractivity contribution in [2.24, 2.45) is 16.7 Å². The number of Topliss-reactive ketones (excluding diaryl/α,β-unsaturated/α-hetero) is 3. The Hall–Kier alpha value is -2.48. The molecular weight excluding hydrogens is 384 g/mol. The summed E-state index contributed by atoms with van der Waals surface area (Å²) in [7, 11) is -4.42. The predicted octanol–water partition coefficient (Wildman–Crippen LogP) is 2.58. The summed E-state index contributed by atoms with van der Waals surface area (Å²) in [5.74, 6) is -4.28. The van der Waals surface area contributed by atoms with Crippen LogP contribution in [0.1, 0.15) is 53.8 Å². The molecule has 2 bridgehead atoms. The second-order valence-electron chi connectivity index (χ2n) is 8.33. The van der Waals surface area contributed by atoms with Gasteiger partial charge < -0.3 is 9.29 Å². The van der Waals surface area contributed by atoms with E-state index in [4.69, 9.17) is 4.18 Å². The van der Waals surface area contributed by atoms with Gasteiger partial charge in [0.2, 0.25) is 23.1 Å². The molecule has 0 radical (unpaired) electrons. The zero-order valence-corrected chi connectivity index (χ0v) is 16.3. The third kappa shape index (κ3) is 2.40. The second-order valence-corrected chi connectivity index (χ2v) is 9.90. The lowest BCUT2D eigenvalue weighted by Crippen LogP contribution is -2.43. The minimum atomic E-state index is -4.42. The summed E-state index contributed by atoms with van der Waals surface area (Å²) in [6, 6.07) is 5.79. The van der Waals surface area contributed by atoms with E-state index in [1.807, 2.05) is 13.8 Å². The highest BCUT2D eigenvalue weighted by molar-refractivity contribution is 7.86. The Kier molecular flexibility index (Phi) is 3.88. The van der Waals surface area contributed by atoms with E-state index >= 15 is 0 Å². The van der Waals surface area contributed by atoms with E-state index in [9.17, 15) is 27.9 Å². The van der Waals surface area contributed by atoms with Crippen molar-refractivity contribution >= 4 is 27.5 Å². The quantitative estimate of drug-likeness (QED) is 0.767. The summed E-state index contributed by atoms with van der Waals surface area (Å²) in [4.78, 5) is 37.5. The number of aliphatic hydroxyl groups excluding tert-OH is 1. The van der Waals surface area contributed by atoms with Gasteiger partial charge in [-0.3, -0.25) is 14.4 Å². The van der Waals surface area contributed by atoms with Crippen molar-refractivity contribution in [1.82, 2.24) is 0 Å². The van der Waals surface area contributed by atoms with E-state index in [2.05, 4.69) is 0 Å². The van der Waals surface area contributed by atoms with E-state index in [1.54, 1.807) is 0 Å². The van der Waals surface area contributed by atoms with Crippen LogP contribution in [0, 0.1) is 16.7 Å². The summed E-state index contributed by atoms with van der Waals surface area (Å²) < 4.78 is 30.6. The van der Waals surface area contributed by atoms with E-state index in [-0.39, 0.29) is 22.8 Å². The highest BCUT2D eigenvalue weighted by atomic mass is 32.2. The Bertz CT molecular complexity index is 1060. The lowest BCUT2D eigenvalue weighted by molar-refractivity contribution is -0.128. The van der Waals surface area contributed by atoms with Gasteiger partial charge in [-0.1, -0.05) is 38.1 Å². The van der Waals surface area contributed by atoms with Crippen LogP contribution in [-0.4, -0.2) is 36.6 Å². The first-order valence-electron chi connectivity index (χ1n) is 9.07. The van der Waals surface area contributed by atoms with Crippen molar-refractivity contribution in [3.05, 3.63) is 46.9 Å². The van der Waals surface area contributed by atoms with Crippen LogP contribution in [0.5, 0.6) is 0 Å². The van der Waals surface area contributed by atoms with Crippen LogP contribution in [0.4, 0.5) is 0 Å². The molecule has 0 spiro atoms. The predicted molar refractivity (Wildman–Crippen MR) is 98.2 cm³/mol. The maximum Gasteiger partial charge on any atom is 0.310 e. The molecule has 28 heavy (non-hydrogen) atoms. The topological polar surface area (TPSA) is 115 Å². The van der Waals surface area contributed by atoms with Crippen molar-refractivity contribution in [3.63, 3.8) is 0 Å². The number of fused-ring (bicyclic) bond motifs is 3. The standard InChI is InChI=1S/C20H20O7S/c1-19(2)11-7-8-20(19,14(21)9-11)10-28(25,26)27-18-16(23)13-6-4-3-5-12(13)15(22)17(18)24/h3-6,11,24H,7-10H2,1-2H3. The molecular formula is C20H20O7S. The first-order chi connectivity index (χ1) is 13.0. The van der Waals surface area contributed by atoms with Gasteiger partial charge in [-0.25, -0.2) is 0 Å². The third-order valence-corrected chi connectivity index (χ3v) is 8.09. The van der Waals surface area contributed by atoms with Gasteiger partial charge in [0.15, 0.2) is 0 Å². The number of ketones is 3. The van der Waals surface area contributed by atoms with Gasteiger partial charge in [0.1, 0.15) is 5.78 Å². The first kappa shape index (κ1) is 18.9. The zero-order valence-electron chi connectivity index (χ0n) is 15.5. The molecule has 1 aromatic rings. The number of benzene rings is 1. The molecule has 2 fully saturated rings. The fraction of sp³-hybridized carbons (Fsp3) is 0.450. The largest absolute Gasteiger partial charge is 0.501 e. The van der Waals surface area contributed by atoms with Gasteiger partial charge >= 0.3 is 10.1 Å². The van der Waals surface area contributed by atoms with Crippen molar-refractivity contribution in [2.75, 3.05) is 5.75 Å². The van der Waals surface area contributed by atoms with Gasteiger partial charge in [-0.2, -0.15) is 8.42 Å². The number of hydrogen-bond acceptors (Lipinski definition) is 7. The summed E-state index contributed by atoms with van der Waals surface area (Å²) in [5, 5.41) is 10.1. The van der Waals surface area contributed by atoms with E-state index < -0.39 is 49.8 Å². The molecule has 8 heteroatoms. The number of aliphatic hydroxyl groups is 1. The Balaban J connectivity index is 1.68. The van der Waals surface area contributed by atoms with Crippen molar-refractivity contribution in [3.8, 4) is 0 Å². The molecule has 7 nitrogen and oxygen atoms in total. The second kappa shape index (κ2) is 5.76. The average molecular weight is 404 g/mol. The lowest BCUT2D eigenvalue weighted by Gasteiger charge is -2.35. The molecule has 1 aromatic carbocycles. The minimum absolute atomic E-state index is 0.0147. The van der Waals surface area contributed by atoms with Crippen LogP contribution in [0.15, 0.2) is 35.8 Å². The summed E-state index contributed by atoms with van der Waals surface area (Å²) in [5.41, 5.74) is -1.63. The summed E-state index contributed by atoms with van der Waals surface area (Å²) >= 11 is 0. The lowest BCUT2D eigenvalue weighted by atomic mass is 9.70. The van der Waals surface area contributed by atoms with Crippen LogP contribution < -0.4 is 0 Å². The van der Waals surface area contributed by atoms with E-state index in [1.165, 1.54) is 24.3 Å². The molecule has 0 amide bonds. The molecule has 0 heterocycles.